The zero-order valence-electron chi connectivity index (χ0n) is 18.2. The zero-order valence-corrected chi connectivity index (χ0v) is 18.2. The monoisotopic (exact) mass is 420 g/mol. The number of nitrogens with two attached hydrogens (primary N) is 2. The molecule has 0 aliphatic rings. The Morgan fingerprint density at radius 3 is 2.52 bits per heavy atom. The number of anilines is 2. The molecule has 0 spiro atoms. The number of H-pyrrole nitrogens is 1. The molecule has 0 atom stereocenters. The molecular weight excluding hydrogens is 390 g/mol. The van der Waals surface area contributed by atoms with Crippen LogP contribution in [-0.4, -0.2) is 19.6 Å². The second-order valence-electron chi connectivity index (χ2n) is 7.26. The van der Waals surface area contributed by atoms with Gasteiger partial charge in [0, 0.05) is 17.8 Å². The molecule has 162 valence electrons. The number of fused-ring (bicyclic) bond motifs is 1. The Bertz CT molecular complexity index is 1090. The lowest BCUT2D eigenvalue weighted by Crippen LogP contribution is -2.15. The van der Waals surface area contributed by atoms with E-state index in [4.69, 9.17) is 20.9 Å². The largest absolute Gasteiger partial charge is 0.497 e. The van der Waals surface area contributed by atoms with E-state index in [1.54, 1.807) is 20.1 Å². The van der Waals surface area contributed by atoms with Crippen molar-refractivity contribution in [1.29, 1.82) is 0 Å². The van der Waals surface area contributed by atoms with Crippen LogP contribution in [-0.2, 0) is 0 Å². The average Bonchev–Trinajstić information content (AvgIpc) is 2.74. The van der Waals surface area contributed by atoms with Gasteiger partial charge < -0.3 is 20.9 Å². The molecule has 7 nitrogen and oxygen atoms in total. The number of nitrogens with one attached hydrogen (secondary N) is 2. The Hall–Kier alpha value is -3.74. The van der Waals surface area contributed by atoms with Gasteiger partial charge in [-0.1, -0.05) is 18.3 Å². The number of amidine groups is 1. The van der Waals surface area contributed by atoms with Crippen LogP contribution in [0.2, 0.25) is 0 Å². The number of nitrogens with zero attached hydrogens (tertiary/aromatic N) is 1. The first kappa shape index (κ1) is 22.0. The van der Waals surface area contributed by atoms with Crippen molar-refractivity contribution in [3.05, 3.63) is 60.3 Å². The summed E-state index contributed by atoms with van der Waals surface area (Å²) in [6.45, 7) is 4.63. The van der Waals surface area contributed by atoms with Crippen LogP contribution in [0.5, 0.6) is 11.5 Å². The Morgan fingerprint density at radius 1 is 1.10 bits per heavy atom. The molecule has 6 N–H and O–H groups in total. The van der Waals surface area contributed by atoms with Crippen LogP contribution < -0.4 is 31.2 Å². The lowest BCUT2D eigenvalue weighted by atomic mass is 10.1. The van der Waals surface area contributed by atoms with Gasteiger partial charge in [-0.3, -0.25) is 5.32 Å². The first-order valence-electron chi connectivity index (χ1n) is 10.3. The van der Waals surface area contributed by atoms with Crippen molar-refractivity contribution < 1.29 is 14.5 Å². The number of hydrogen-bond donors (Lipinski definition) is 3. The Kier molecular flexibility index (Phi) is 7.32. The van der Waals surface area contributed by atoms with Crippen molar-refractivity contribution in [3.63, 3.8) is 0 Å². The summed E-state index contributed by atoms with van der Waals surface area (Å²) in [4.78, 5) is 7.76. The summed E-state index contributed by atoms with van der Waals surface area (Å²) >= 11 is 0. The molecule has 3 aromatic rings. The standard InChI is InChI=1S/C24H29N5O2/c1-4-5-12-31-19-8-6-18(7-9-19)27-24-21-11-10-20(30-3)14-17(21)15-23(29-24)28-22(26)13-16(2)25/h6-11,13-15H,4-5,12,25H2,1-3H3,(H3,26,27,28,29)/p+1. The smallest absolute Gasteiger partial charge is 0.263 e. The van der Waals surface area contributed by atoms with Gasteiger partial charge in [0.25, 0.3) is 5.82 Å². The Balaban J connectivity index is 1.95. The van der Waals surface area contributed by atoms with Crippen molar-refractivity contribution in [2.75, 3.05) is 19.0 Å². The van der Waals surface area contributed by atoms with E-state index in [1.807, 2.05) is 48.5 Å². The number of aromatic amines is 1. The highest BCUT2D eigenvalue weighted by Crippen LogP contribution is 2.29. The molecule has 0 saturated carbocycles. The minimum absolute atomic E-state index is 0.318. The molecular formula is C24H30N5O2+. The average molecular weight is 421 g/mol. The van der Waals surface area contributed by atoms with Crippen molar-refractivity contribution in [2.45, 2.75) is 26.7 Å². The highest BCUT2D eigenvalue weighted by molar-refractivity contribution is 5.96. The molecule has 1 aromatic heterocycles. The molecule has 1 heterocycles. The van der Waals surface area contributed by atoms with Gasteiger partial charge in [-0.15, -0.1) is 0 Å². The van der Waals surface area contributed by atoms with E-state index in [0.717, 1.165) is 53.2 Å². The van der Waals surface area contributed by atoms with Crippen molar-refractivity contribution in [2.24, 2.45) is 16.5 Å². The summed E-state index contributed by atoms with van der Waals surface area (Å²) in [6.07, 6.45) is 3.77. The maximum atomic E-state index is 5.99. The summed E-state index contributed by atoms with van der Waals surface area (Å²) in [5.41, 5.74) is 13.2. The van der Waals surface area contributed by atoms with Gasteiger partial charge in [-0.05, 0) is 61.2 Å². The third-order valence-corrected chi connectivity index (χ3v) is 4.59. The second kappa shape index (κ2) is 10.3. The lowest BCUT2D eigenvalue weighted by Gasteiger charge is -2.09. The SMILES string of the molecule is CCCCOc1ccc(Nc2[nH+]c(N=C(N)C=C(C)N)cc3cc(OC)ccc23)cc1. The lowest BCUT2D eigenvalue weighted by molar-refractivity contribution is -0.343. The molecule has 2 aromatic carbocycles. The Morgan fingerprint density at radius 2 is 1.84 bits per heavy atom. The molecule has 0 amide bonds. The molecule has 0 aliphatic heterocycles. The molecule has 3 rings (SSSR count). The highest BCUT2D eigenvalue weighted by atomic mass is 16.5. The zero-order chi connectivity index (χ0) is 22.2. The summed E-state index contributed by atoms with van der Waals surface area (Å²) in [7, 11) is 1.64. The quantitative estimate of drug-likeness (QED) is 0.269. The van der Waals surface area contributed by atoms with E-state index in [1.165, 1.54) is 0 Å². The van der Waals surface area contributed by atoms with Crippen molar-refractivity contribution >= 4 is 33.9 Å². The number of aromatic nitrogens is 1. The third-order valence-electron chi connectivity index (χ3n) is 4.59. The summed E-state index contributed by atoms with van der Waals surface area (Å²) in [5, 5.41) is 5.38. The van der Waals surface area contributed by atoms with Gasteiger partial charge in [-0.25, -0.2) is 4.98 Å². The van der Waals surface area contributed by atoms with Crippen molar-refractivity contribution in [1.82, 2.24) is 0 Å². The number of allylic oxidation sites excluding steroid dienone is 1. The van der Waals surface area contributed by atoms with Gasteiger partial charge in [0.15, 0.2) is 0 Å². The highest BCUT2D eigenvalue weighted by Gasteiger charge is 2.13. The number of unbranched alkanes of at least 4 members (excludes halogenated alkanes) is 1. The molecule has 31 heavy (non-hydrogen) atoms. The van der Waals surface area contributed by atoms with E-state index >= 15 is 0 Å². The number of aliphatic imine (C=N–C) groups is 1. The minimum atomic E-state index is 0.318. The minimum Gasteiger partial charge on any atom is -0.497 e. The number of hydrogen-bond acceptors (Lipinski definition) is 5. The van der Waals surface area contributed by atoms with Gasteiger partial charge in [0.2, 0.25) is 11.7 Å². The van der Waals surface area contributed by atoms with E-state index < -0.39 is 0 Å². The predicted octanol–water partition coefficient (Wildman–Crippen LogP) is 4.44. The van der Waals surface area contributed by atoms with Crippen LogP contribution in [0.3, 0.4) is 0 Å². The number of ether oxygens (including phenoxy) is 2. The summed E-state index contributed by atoms with van der Waals surface area (Å²) in [6, 6.07) is 15.7. The van der Waals surface area contributed by atoms with E-state index in [0.29, 0.717) is 17.4 Å². The summed E-state index contributed by atoms with van der Waals surface area (Å²) in [5.74, 6) is 3.32. The molecule has 0 unspecified atom stereocenters. The van der Waals surface area contributed by atoms with Crippen LogP contribution >= 0.6 is 0 Å². The normalized spacial score (nSPS) is 12.1. The number of rotatable bonds is 9. The van der Waals surface area contributed by atoms with Crippen LogP contribution in [0.15, 0.2) is 65.3 Å². The first-order chi connectivity index (χ1) is 15.0. The number of pyridine rings is 1. The first-order valence-corrected chi connectivity index (χ1v) is 10.3. The van der Waals surface area contributed by atoms with Gasteiger partial charge >= 0.3 is 0 Å². The number of benzene rings is 2. The van der Waals surface area contributed by atoms with Gasteiger partial charge in [-0.2, -0.15) is 0 Å². The van der Waals surface area contributed by atoms with Crippen molar-refractivity contribution in [3.8, 4) is 11.5 Å². The fourth-order valence-electron chi connectivity index (χ4n) is 3.07. The topological polar surface area (TPSA) is 109 Å². The van der Waals surface area contributed by atoms with Crippen LogP contribution in [0.1, 0.15) is 26.7 Å². The van der Waals surface area contributed by atoms with Crippen LogP contribution in [0.25, 0.3) is 10.8 Å². The van der Waals surface area contributed by atoms with E-state index in [-0.39, 0.29) is 0 Å². The third kappa shape index (κ3) is 6.12. The molecule has 0 fully saturated rings. The Labute approximate surface area is 182 Å². The van der Waals surface area contributed by atoms with Gasteiger partial charge in [0.05, 0.1) is 24.8 Å². The molecule has 0 radical (unpaired) electrons. The van der Waals surface area contributed by atoms with E-state index in [2.05, 4.69) is 22.2 Å². The van der Waals surface area contributed by atoms with Crippen LogP contribution in [0.4, 0.5) is 17.3 Å². The van der Waals surface area contributed by atoms with Gasteiger partial charge in [0.1, 0.15) is 11.5 Å². The molecule has 0 aliphatic carbocycles. The predicted molar refractivity (Wildman–Crippen MR) is 126 cm³/mol. The number of methoxy groups -OCH3 is 1. The fraction of sp³-hybridized carbons (Fsp3) is 0.250. The maximum Gasteiger partial charge on any atom is 0.263 e. The second-order valence-corrected chi connectivity index (χ2v) is 7.26. The molecule has 0 saturated heterocycles. The van der Waals surface area contributed by atoms with E-state index in [9.17, 15) is 0 Å². The summed E-state index contributed by atoms with van der Waals surface area (Å²) < 4.78 is 11.1. The molecule has 0 bridgehead atoms. The van der Waals surface area contributed by atoms with Crippen LogP contribution in [0, 0.1) is 0 Å². The molecule has 7 heteroatoms. The maximum absolute atomic E-state index is 5.99. The fourth-order valence-corrected chi connectivity index (χ4v) is 3.07.